The predicted octanol–water partition coefficient (Wildman–Crippen LogP) is 0.801. The Kier molecular flexibility index (Phi) is 6.24. The molecule has 0 aliphatic carbocycles. The van der Waals surface area contributed by atoms with E-state index in [0.717, 1.165) is 16.9 Å². The van der Waals surface area contributed by atoms with E-state index in [4.69, 9.17) is 11.6 Å². The molecule has 2 aromatic carbocycles. The first-order valence-electron chi connectivity index (χ1n) is 10.7. The highest BCUT2D eigenvalue weighted by molar-refractivity contribution is 6.30. The van der Waals surface area contributed by atoms with Crippen molar-refractivity contribution in [3.05, 3.63) is 69.7 Å². The second-order valence-electron chi connectivity index (χ2n) is 8.67. The number of imide groups is 1. The zero-order valence-corrected chi connectivity index (χ0v) is 19.2. The third kappa shape index (κ3) is 4.32. The van der Waals surface area contributed by atoms with E-state index >= 15 is 0 Å². The maximum absolute atomic E-state index is 14.7. The lowest BCUT2D eigenvalue weighted by atomic mass is 9.78. The summed E-state index contributed by atoms with van der Waals surface area (Å²) in [4.78, 5) is 51.7. The summed E-state index contributed by atoms with van der Waals surface area (Å²) < 4.78 is 29.4. The van der Waals surface area contributed by atoms with Crippen LogP contribution in [0.4, 0.5) is 8.78 Å². The van der Waals surface area contributed by atoms with Crippen molar-refractivity contribution in [3.63, 3.8) is 0 Å². The first-order valence-corrected chi connectivity index (χ1v) is 11.0. The van der Waals surface area contributed by atoms with Crippen LogP contribution in [0.2, 0.25) is 10.8 Å². The number of carbonyl (C=O) groups is 4. The van der Waals surface area contributed by atoms with Gasteiger partial charge in [-0.15, -0.1) is 0 Å². The number of hydrogen-bond acceptors (Lipinski definition) is 4. The van der Waals surface area contributed by atoms with Crippen LogP contribution in [0.5, 0.6) is 0 Å². The van der Waals surface area contributed by atoms with Crippen molar-refractivity contribution in [2.24, 2.45) is 0 Å². The van der Waals surface area contributed by atoms with E-state index in [1.807, 2.05) is 0 Å². The number of fused-ring (bicyclic) bond motifs is 1. The van der Waals surface area contributed by atoms with Crippen molar-refractivity contribution in [2.75, 3.05) is 0 Å². The van der Waals surface area contributed by atoms with E-state index in [1.54, 1.807) is 26.0 Å². The summed E-state index contributed by atoms with van der Waals surface area (Å²) in [6.07, 6.45) is 0.230. The van der Waals surface area contributed by atoms with E-state index in [0.29, 0.717) is 16.7 Å². The molecule has 1 saturated heterocycles. The monoisotopic (exact) mass is 485 g/mol. The van der Waals surface area contributed by atoms with Gasteiger partial charge in [0.15, 0.2) is 0 Å². The van der Waals surface area contributed by atoms with Gasteiger partial charge in [-0.05, 0) is 35.7 Å². The highest BCUT2D eigenvalue weighted by Gasteiger charge is 2.43. The minimum Gasteiger partial charge on any atom is -0.384 e. The van der Waals surface area contributed by atoms with Crippen LogP contribution in [0.1, 0.15) is 33.5 Å². The van der Waals surface area contributed by atoms with Gasteiger partial charge in [0, 0.05) is 35.1 Å². The number of alkyl halides is 2. The van der Waals surface area contributed by atoms with E-state index in [-0.39, 0.29) is 36.3 Å². The standard InChI is InChI=1S/C22H20B2ClF2N3O4/c23-16-8-17(19(32)28-18(16)31)29-10-12-7-11(1-6-15(12)20(29)33)9-30(24)21(34)22(26,27)13-2-4-14(25)5-3-13/h1-7,16-17H,8-10,23-24H2,(H,28,31,32). The molecule has 2 heterocycles. The topological polar surface area (TPSA) is 86.8 Å². The Bertz CT molecular complexity index is 1200. The molecule has 2 aromatic rings. The van der Waals surface area contributed by atoms with Crippen LogP contribution in [0.15, 0.2) is 42.5 Å². The van der Waals surface area contributed by atoms with Crippen molar-refractivity contribution in [1.29, 1.82) is 0 Å². The van der Waals surface area contributed by atoms with E-state index in [9.17, 15) is 28.0 Å². The summed E-state index contributed by atoms with van der Waals surface area (Å²) >= 11 is 5.74. The SMILES string of the molecule is BC1CC(N2Cc3cc(CN(B)C(=O)C(F)(F)c4ccc(Cl)cc4)ccc3C2=O)C(=O)NC1=O. The van der Waals surface area contributed by atoms with Gasteiger partial charge < -0.3 is 9.71 Å². The molecular weight excluding hydrogens is 465 g/mol. The Labute approximate surface area is 201 Å². The Morgan fingerprint density at radius 1 is 1.15 bits per heavy atom. The van der Waals surface area contributed by atoms with Crippen molar-refractivity contribution in [1.82, 2.24) is 15.0 Å². The smallest absolute Gasteiger partial charge is 0.348 e. The molecule has 1 fully saturated rings. The molecule has 0 bridgehead atoms. The third-order valence-corrected chi connectivity index (χ3v) is 6.45. The normalized spacial score (nSPS) is 20.2. The second kappa shape index (κ2) is 8.87. The lowest BCUT2D eigenvalue weighted by Gasteiger charge is -2.32. The number of nitrogens with zero attached hydrogens (tertiary/aromatic N) is 2. The first kappa shape index (κ1) is 23.9. The second-order valence-corrected chi connectivity index (χ2v) is 9.11. The van der Waals surface area contributed by atoms with Gasteiger partial charge in [-0.3, -0.25) is 24.5 Å². The molecule has 174 valence electrons. The fourth-order valence-electron chi connectivity index (χ4n) is 4.26. The summed E-state index contributed by atoms with van der Waals surface area (Å²) in [5.41, 5.74) is 1.14. The average molecular weight is 485 g/mol. The van der Waals surface area contributed by atoms with Gasteiger partial charge in [0.05, 0.1) is 0 Å². The highest BCUT2D eigenvalue weighted by atomic mass is 35.5. The van der Waals surface area contributed by atoms with Gasteiger partial charge in [-0.1, -0.05) is 35.9 Å². The van der Waals surface area contributed by atoms with Crippen LogP contribution in [-0.2, 0) is 33.4 Å². The average Bonchev–Trinajstić information content (AvgIpc) is 3.11. The minimum atomic E-state index is -3.73. The number of rotatable bonds is 5. The molecule has 0 saturated carbocycles. The molecule has 2 unspecified atom stereocenters. The fraction of sp³-hybridized carbons (Fsp3) is 0.273. The maximum atomic E-state index is 14.7. The number of piperidine rings is 1. The Morgan fingerprint density at radius 3 is 2.50 bits per heavy atom. The van der Waals surface area contributed by atoms with E-state index in [2.05, 4.69) is 5.32 Å². The Balaban J connectivity index is 1.48. The van der Waals surface area contributed by atoms with E-state index < -0.39 is 35.2 Å². The van der Waals surface area contributed by atoms with Gasteiger partial charge in [0.1, 0.15) is 13.9 Å². The Morgan fingerprint density at radius 2 is 1.82 bits per heavy atom. The number of amides is 4. The van der Waals surface area contributed by atoms with Gasteiger partial charge >= 0.3 is 5.92 Å². The number of hydrogen-bond donors (Lipinski definition) is 1. The summed E-state index contributed by atoms with van der Waals surface area (Å²) in [5, 5.41) is 2.58. The Hall–Kier alpha value is -3.20. The van der Waals surface area contributed by atoms with Gasteiger partial charge in [-0.25, -0.2) is 0 Å². The van der Waals surface area contributed by atoms with Crippen molar-refractivity contribution >= 4 is 51.1 Å². The fourth-order valence-corrected chi connectivity index (χ4v) is 4.39. The molecular formula is C22H20B2ClF2N3O4. The minimum absolute atomic E-state index is 0.0983. The first-order chi connectivity index (χ1) is 16.0. The van der Waals surface area contributed by atoms with Crippen LogP contribution in [0.3, 0.4) is 0 Å². The van der Waals surface area contributed by atoms with Crippen LogP contribution in [-0.4, -0.2) is 55.2 Å². The zero-order valence-electron chi connectivity index (χ0n) is 18.5. The molecule has 7 nitrogen and oxygen atoms in total. The molecule has 1 N–H and O–H groups in total. The van der Waals surface area contributed by atoms with E-state index in [1.165, 1.54) is 25.0 Å². The van der Waals surface area contributed by atoms with Crippen LogP contribution in [0, 0.1) is 0 Å². The summed E-state index contributed by atoms with van der Waals surface area (Å²) in [5.74, 6) is -6.72. The molecule has 0 radical (unpaired) electrons. The maximum Gasteiger partial charge on any atom is 0.348 e. The molecule has 0 spiro atoms. The molecule has 2 aliphatic rings. The van der Waals surface area contributed by atoms with Gasteiger partial charge in [0.2, 0.25) is 19.8 Å². The molecule has 34 heavy (non-hydrogen) atoms. The largest absolute Gasteiger partial charge is 0.384 e. The predicted molar refractivity (Wildman–Crippen MR) is 125 cm³/mol. The van der Waals surface area contributed by atoms with Gasteiger partial charge in [-0.2, -0.15) is 8.78 Å². The quantitative estimate of drug-likeness (QED) is 0.502. The van der Waals surface area contributed by atoms with Crippen molar-refractivity contribution in [2.45, 2.75) is 37.3 Å². The molecule has 4 rings (SSSR count). The van der Waals surface area contributed by atoms with Gasteiger partial charge in [0.25, 0.3) is 11.8 Å². The summed E-state index contributed by atoms with van der Waals surface area (Å²) in [6.45, 7) is 0.0541. The number of carbonyl (C=O) groups excluding carboxylic acids is 4. The highest BCUT2D eigenvalue weighted by Crippen LogP contribution is 2.33. The lowest BCUT2D eigenvalue weighted by Crippen LogP contribution is -2.54. The van der Waals surface area contributed by atoms with Crippen molar-refractivity contribution in [3.8, 4) is 0 Å². The third-order valence-electron chi connectivity index (χ3n) is 6.19. The number of benzene rings is 2. The zero-order chi connectivity index (χ0) is 24.8. The molecule has 2 atom stereocenters. The van der Waals surface area contributed by atoms with Crippen molar-refractivity contribution < 1.29 is 28.0 Å². The number of halogens is 3. The molecule has 12 heteroatoms. The molecule has 0 aromatic heterocycles. The lowest BCUT2D eigenvalue weighted by molar-refractivity contribution is -0.154. The van der Waals surface area contributed by atoms with Crippen LogP contribution in [0.25, 0.3) is 0 Å². The van der Waals surface area contributed by atoms with Crippen LogP contribution >= 0.6 is 11.6 Å². The summed E-state index contributed by atoms with van der Waals surface area (Å²) in [6, 6.07) is 8.88. The van der Waals surface area contributed by atoms with Crippen LogP contribution < -0.4 is 5.32 Å². The molecule has 2 aliphatic heterocycles. The molecule has 4 amide bonds. The number of nitrogens with one attached hydrogen (secondary N) is 1. The summed E-state index contributed by atoms with van der Waals surface area (Å²) in [7, 11) is 2.97.